The van der Waals surface area contributed by atoms with E-state index in [1.54, 1.807) is 24.7 Å². The smallest absolute Gasteiger partial charge is 0.268 e. The Kier molecular flexibility index (Phi) is 2.02. The SMILES string of the molecule is Nn1cc(-c2ccncc2)ccc1=O. The molecule has 0 spiro atoms. The maximum absolute atomic E-state index is 11.0. The Hall–Kier alpha value is -2.10. The van der Waals surface area contributed by atoms with E-state index in [1.165, 1.54) is 6.07 Å². The quantitative estimate of drug-likeness (QED) is 0.666. The van der Waals surface area contributed by atoms with Gasteiger partial charge < -0.3 is 5.84 Å². The number of pyridine rings is 2. The first kappa shape index (κ1) is 8.50. The molecule has 70 valence electrons. The van der Waals surface area contributed by atoms with E-state index >= 15 is 0 Å². The Balaban J connectivity index is 2.54. The van der Waals surface area contributed by atoms with Crippen molar-refractivity contribution in [3.63, 3.8) is 0 Å². The van der Waals surface area contributed by atoms with Crippen molar-refractivity contribution in [2.45, 2.75) is 0 Å². The van der Waals surface area contributed by atoms with Crippen LogP contribution in [-0.4, -0.2) is 9.66 Å². The van der Waals surface area contributed by atoms with Gasteiger partial charge in [-0.3, -0.25) is 9.78 Å². The molecule has 0 fully saturated rings. The predicted molar refractivity (Wildman–Crippen MR) is 54.1 cm³/mol. The molecule has 0 saturated heterocycles. The van der Waals surface area contributed by atoms with Gasteiger partial charge in [-0.2, -0.15) is 0 Å². The van der Waals surface area contributed by atoms with Crippen LogP contribution in [0.5, 0.6) is 0 Å². The number of aromatic nitrogens is 2. The van der Waals surface area contributed by atoms with Gasteiger partial charge in [0.25, 0.3) is 5.56 Å². The maximum Gasteiger partial charge on any atom is 0.268 e. The molecule has 14 heavy (non-hydrogen) atoms. The Morgan fingerprint density at radius 1 is 1.07 bits per heavy atom. The van der Waals surface area contributed by atoms with Crippen LogP contribution in [0.2, 0.25) is 0 Å². The normalized spacial score (nSPS) is 10.0. The van der Waals surface area contributed by atoms with Gasteiger partial charge in [0.05, 0.1) is 0 Å². The molecular weight excluding hydrogens is 178 g/mol. The van der Waals surface area contributed by atoms with Gasteiger partial charge in [-0.05, 0) is 23.8 Å². The topological polar surface area (TPSA) is 60.9 Å². The number of nitrogens with two attached hydrogens (primary N) is 1. The first-order valence-corrected chi connectivity index (χ1v) is 4.15. The minimum Gasteiger partial charge on any atom is -0.336 e. The van der Waals surface area contributed by atoms with Crippen molar-refractivity contribution >= 4 is 0 Å². The number of hydrogen-bond donors (Lipinski definition) is 1. The van der Waals surface area contributed by atoms with E-state index in [4.69, 9.17) is 5.84 Å². The summed E-state index contributed by atoms with van der Waals surface area (Å²) in [5.74, 6) is 5.45. The molecule has 2 N–H and O–H groups in total. The second kappa shape index (κ2) is 3.33. The summed E-state index contributed by atoms with van der Waals surface area (Å²) in [6.45, 7) is 0. The summed E-state index contributed by atoms with van der Waals surface area (Å²) in [5, 5.41) is 0. The molecule has 0 aromatic carbocycles. The zero-order valence-electron chi connectivity index (χ0n) is 7.42. The van der Waals surface area contributed by atoms with Gasteiger partial charge in [0.15, 0.2) is 0 Å². The number of nitrogens with zero attached hydrogens (tertiary/aromatic N) is 2. The molecule has 0 amide bonds. The van der Waals surface area contributed by atoms with E-state index in [-0.39, 0.29) is 5.56 Å². The van der Waals surface area contributed by atoms with E-state index in [0.29, 0.717) is 0 Å². The third-order valence-corrected chi connectivity index (χ3v) is 1.95. The molecule has 0 aliphatic carbocycles. The van der Waals surface area contributed by atoms with Gasteiger partial charge in [-0.1, -0.05) is 0 Å². The van der Waals surface area contributed by atoms with Crippen molar-refractivity contribution in [2.75, 3.05) is 5.84 Å². The lowest BCUT2D eigenvalue weighted by molar-refractivity contribution is 0.939. The number of hydrogen-bond acceptors (Lipinski definition) is 3. The lowest BCUT2D eigenvalue weighted by Crippen LogP contribution is -2.25. The van der Waals surface area contributed by atoms with Gasteiger partial charge in [0.2, 0.25) is 0 Å². The van der Waals surface area contributed by atoms with Crippen molar-refractivity contribution in [1.29, 1.82) is 0 Å². The molecule has 2 heterocycles. The maximum atomic E-state index is 11.0. The predicted octanol–water partition coefficient (Wildman–Crippen LogP) is 0.624. The average molecular weight is 187 g/mol. The first-order chi connectivity index (χ1) is 6.77. The molecule has 0 unspecified atom stereocenters. The second-order valence-electron chi connectivity index (χ2n) is 2.90. The summed E-state index contributed by atoms with van der Waals surface area (Å²) in [7, 11) is 0. The zero-order valence-corrected chi connectivity index (χ0v) is 7.42. The van der Waals surface area contributed by atoms with Crippen LogP contribution in [0.4, 0.5) is 0 Å². The summed E-state index contributed by atoms with van der Waals surface area (Å²) in [6.07, 6.45) is 4.99. The van der Waals surface area contributed by atoms with Crippen molar-refractivity contribution in [3.05, 3.63) is 53.2 Å². The van der Waals surface area contributed by atoms with Crippen LogP contribution in [0.15, 0.2) is 47.7 Å². The highest BCUT2D eigenvalue weighted by molar-refractivity contribution is 5.61. The van der Waals surface area contributed by atoms with E-state index in [0.717, 1.165) is 15.8 Å². The molecule has 0 radical (unpaired) electrons. The van der Waals surface area contributed by atoms with Crippen LogP contribution in [0.1, 0.15) is 0 Å². The van der Waals surface area contributed by atoms with Crippen LogP contribution in [0.3, 0.4) is 0 Å². The second-order valence-corrected chi connectivity index (χ2v) is 2.90. The highest BCUT2D eigenvalue weighted by Crippen LogP contribution is 2.15. The lowest BCUT2D eigenvalue weighted by Gasteiger charge is -2.02. The molecule has 2 rings (SSSR count). The van der Waals surface area contributed by atoms with E-state index in [2.05, 4.69) is 4.98 Å². The summed E-state index contributed by atoms with van der Waals surface area (Å²) in [4.78, 5) is 14.9. The number of rotatable bonds is 1. The van der Waals surface area contributed by atoms with Crippen molar-refractivity contribution < 1.29 is 0 Å². The van der Waals surface area contributed by atoms with Crippen molar-refractivity contribution in [3.8, 4) is 11.1 Å². The summed E-state index contributed by atoms with van der Waals surface area (Å²) in [5.41, 5.74) is 1.66. The summed E-state index contributed by atoms with van der Waals surface area (Å²) < 4.78 is 1.07. The van der Waals surface area contributed by atoms with E-state index < -0.39 is 0 Å². The van der Waals surface area contributed by atoms with Crippen LogP contribution >= 0.6 is 0 Å². The minimum absolute atomic E-state index is 0.220. The van der Waals surface area contributed by atoms with Gasteiger partial charge >= 0.3 is 0 Å². The summed E-state index contributed by atoms with van der Waals surface area (Å²) in [6, 6.07) is 6.90. The van der Waals surface area contributed by atoms with E-state index in [9.17, 15) is 4.79 Å². The molecule has 2 aromatic heterocycles. The highest BCUT2D eigenvalue weighted by Gasteiger charge is 1.97. The molecule has 0 bridgehead atoms. The van der Waals surface area contributed by atoms with Crippen molar-refractivity contribution in [1.82, 2.24) is 9.66 Å². The average Bonchev–Trinajstić information content (AvgIpc) is 2.23. The zero-order chi connectivity index (χ0) is 9.97. The van der Waals surface area contributed by atoms with Gasteiger partial charge in [-0.25, -0.2) is 4.68 Å². The van der Waals surface area contributed by atoms with Gasteiger partial charge in [0, 0.05) is 30.2 Å². The van der Waals surface area contributed by atoms with Crippen LogP contribution in [-0.2, 0) is 0 Å². The Labute approximate surface area is 80.6 Å². The van der Waals surface area contributed by atoms with E-state index in [1.807, 2.05) is 12.1 Å². The Morgan fingerprint density at radius 3 is 2.43 bits per heavy atom. The fourth-order valence-corrected chi connectivity index (χ4v) is 1.22. The van der Waals surface area contributed by atoms with Crippen LogP contribution < -0.4 is 11.4 Å². The molecule has 2 aromatic rings. The standard InChI is InChI=1S/C10H9N3O/c11-13-7-9(1-2-10(13)14)8-3-5-12-6-4-8/h1-7H,11H2. The lowest BCUT2D eigenvalue weighted by atomic mass is 10.1. The monoisotopic (exact) mass is 187 g/mol. The molecule has 0 saturated carbocycles. The number of nitrogen functional groups attached to an aromatic ring is 1. The van der Waals surface area contributed by atoms with Crippen molar-refractivity contribution in [2.24, 2.45) is 0 Å². The Morgan fingerprint density at radius 2 is 1.79 bits per heavy atom. The Bertz CT molecular complexity index is 490. The van der Waals surface area contributed by atoms with Crippen LogP contribution in [0, 0.1) is 0 Å². The third-order valence-electron chi connectivity index (χ3n) is 1.95. The molecule has 4 heteroatoms. The van der Waals surface area contributed by atoms with Crippen LogP contribution in [0.25, 0.3) is 11.1 Å². The minimum atomic E-state index is -0.220. The fourth-order valence-electron chi connectivity index (χ4n) is 1.22. The largest absolute Gasteiger partial charge is 0.336 e. The van der Waals surface area contributed by atoms with Gasteiger partial charge in [-0.15, -0.1) is 0 Å². The first-order valence-electron chi connectivity index (χ1n) is 4.15. The molecule has 0 aliphatic rings. The van der Waals surface area contributed by atoms with Gasteiger partial charge in [0.1, 0.15) is 0 Å². The highest BCUT2D eigenvalue weighted by atomic mass is 16.1. The fraction of sp³-hybridized carbons (Fsp3) is 0. The molecule has 4 nitrogen and oxygen atoms in total. The third kappa shape index (κ3) is 1.50. The molecular formula is C10H9N3O. The molecule has 0 aliphatic heterocycles. The summed E-state index contributed by atoms with van der Waals surface area (Å²) >= 11 is 0. The molecule has 0 atom stereocenters.